The van der Waals surface area contributed by atoms with Gasteiger partial charge in [0.15, 0.2) is 6.54 Å². The Labute approximate surface area is 109 Å². The average molecular weight is 256 g/mol. The molecule has 5 nitrogen and oxygen atoms in total. The van der Waals surface area contributed by atoms with Gasteiger partial charge in [-0.1, -0.05) is 6.92 Å². The van der Waals surface area contributed by atoms with E-state index < -0.39 is 0 Å². The Kier molecular flexibility index (Phi) is 6.12. The quantitative estimate of drug-likeness (QED) is 0.587. The highest BCUT2D eigenvalue weighted by Gasteiger charge is 2.21. The van der Waals surface area contributed by atoms with Crippen molar-refractivity contribution in [3.8, 4) is 0 Å². The van der Waals surface area contributed by atoms with Crippen molar-refractivity contribution in [2.75, 3.05) is 26.2 Å². The molecule has 2 amide bonds. The second kappa shape index (κ2) is 7.36. The maximum atomic E-state index is 11.7. The van der Waals surface area contributed by atoms with E-state index in [1.54, 1.807) is 0 Å². The first-order valence-corrected chi connectivity index (χ1v) is 6.87. The molecule has 0 atom stereocenters. The van der Waals surface area contributed by atoms with Crippen LogP contribution in [0.15, 0.2) is 0 Å². The molecule has 5 heteroatoms. The van der Waals surface area contributed by atoms with Crippen LogP contribution in [0.5, 0.6) is 0 Å². The summed E-state index contributed by atoms with van der Waals surface area (Å²) in [6.07, 6.45) is 2.38. The van der Waals surface area contributed by atoms with Crippen LogP contribution < -0.4 is 15.5 Å². The van der Waals surface area contributed by atoms with Gasteiger partial charge in [0.05, 0.1) is 19.6 Å². The fourth-order valence-corrected chi connectivity index (χ4v) is 2.19. The average Bonchev–Trinajstić information content (AvgIpc) is 2.29. The van der Waals surface area contributed by atoms with Crippen molar-refractivity contribution in [2.24, 2.45) is 5.92 Å². The highest BCUT2D eigenvalue weighted by atomic mass is 16.2. The van der Waals surface area contributed by atoms with Gasteiger partial charge < -0.3 is 15.5 Å². The molecule has 1 aliphatic heterocycles. The number of hydrogen-bond donors (Lipinski definition) is 3. The molecule has 0 radical (unpaired) electrons. The lowest BCUT2D eigenvalue weighted by atomic mass is 9.99. The minimum atomic E-state index is -0.124. The number of piperidine rings is 1. The van der Waals surface area contributed by atoms with Gasteiger partial charge in [0.2, 0.25) is 5.91 Å². The minimum absolute atomic E-state index is 0.0292. The molecule has 0 unspecified atom stereocenters. The number of likely N-dealkylation sites (tertiary alicyclic amines) is 1. The summed E-state index contributed by atoms with van der Waals surface area (Å²) in [7, 11) is 0. The van der Waals surface area contributed by atoms with E-state index in [1.165, 1.54) is 17.7 Å². The SMILES string of the molecule is CC1CC[NH+](CC(=O)NCC(=O)NC(C)C)CC1. The molecule has 0 aromatic carbocycles. The van der Waals surface area contributed by atoms with Crippen molar-refractivity contribution in [3.05, 3.63) is 0 Å². The zero-order chi connectivity index (χ0) is 13.5. The van der Waals surface area contributed by atoms with Crippen LogP contribution in [0.3, 0.4) is 0 Å². The molecule has 1 heterocycles. The third-order valence-corrected chi connectivity index (χ3v) is 3.29. The first kappa shape index (κ1) is 15.0. The molecule has 1 saturated heterocycles. The maximum Gasteiger partial charge on any atom is 0.275 e. The van der Waals surface area contributed by atoms with E-state index in [4.69, 9.17) is 0 Å². The number of nitrogens with one attached hydrogen (secondary N) is 3. The van der Waals surface area contributed by atoms with Crippen LogP contribution in [0.25, 0.3) is 0 Å². The molecule has 1 aliphatic rings. The maximum absolute atomic E-state index is 11.7. The van der Waals surface area contributed by atoms with Crippen LogP contribution in [0, 0.1) is 5.92 Å². The van der Waals surface area contributed by atoms with Gasteiger partial charge in [0, 0.05) is 6.04 Å². The molecule has 0 bridgehead atoms. The number of hydrogen-bond acceptors (Lipinski definition) is 2. The minimum Gasteiger partial charge on any atom is -0.352 e. The van der Waals surface area contributed by atoms with E-state index in [0.717, 1.165) is 19.0 Å². The fourth-order valence-electron chi connectivity index (χ4n) is 2.19. The Balaban J connectivity index is 2.15. The van der Waals surface area contributed by atoms with E-state index in [9.17, 15) is 9.59 Å². The molecule has 0 aromatic rings. The topological polar surface area (TPSA) is 62.6 Å². The third-order valence-electron chi connectivity index (χ3n) is 3.29. The van der Waals surface area contributed by atoms with Crippen LogP contribution in [-0.2, 0) is 9.59 Å². The van der Waals surface area contributed by atoms with E-state index in [-0.39, 0.29) is 24.4 Å². The fraction of sp³-hybridized carbons (Fsp3) is 0.846. The van der Waals surface area contributed by atoms with Crippen molar-refractivity contribution in [2.45, 2.75) is 39.7 Å². The standard InChI is InChI=1S/C13H25N3O2/c1-10(2)15-12(17)8-14-13(18)9-16-6-4-11(3)5-7-16/h10-11H,4-9H2,1-3H3,(H,14,18)(H,15,17)/p+1. The highest BCUT2D eigenvalue weighted by Crippen LogP contribution is 2.06. The Hall–Kier alpha value is -1.10. The molecular formula is C13H26N3O2+. The summed E-state index contributed by atoms with van der Waals surface area (Å²) in [5.41, 5.74) is 0. The van der Waals surface area contributed by atoms with E-state index >= 15 is 0 Å². The van der Waals surface area contributed by atoms with Crippen molar-refractivity contribution < 1.29 is 14.5 Å². The van der Waals surface area contributed by atoms with Crippen LogP contribution in [-0.4, -0.2) is 44.0 Å². The molecule has 0 aliphatic carbocycles. The van der Waals surface area contributed by atoms with Gasteiger partial charge in [-0.05, 0) is 32.6 Å². The lowest BCUT2D eigenvalue weighted by Gasteiger charge is -2.26. The van der Waals surface area contributed by atoms with E-state index in [0.29, 0.717) is 6.54 Å². The molecule has 0 saturated carbocycles. The van der Waals surface area contributed by atoms with Gasteiger partial charge in [0.1, 0.15) is 0 Å². The van der Waals surface area contributed by atoms with Gasteiger partial charge in [-0.3, -0.25) is 9.59 Å². The summed E-state index contributed by atoms with van der Waals surface area (Å²) in [6.45, 7) is 8.76. The molecule has 1 rings (SSSR count). The monoisotopic (exact) mass is 256 g/mol. The van der Waals surface area contributed by atoms with Gasteiger partial charge in [0.25, 0.3) is 5.91 Å². The lowest BCUT2D eigenvalue weighted by molar-refractivity contribution is -0.898. The summed E-state index contributed by atoms with van der Waals surface area (Å²) in [6, 6.07) is 0.114. The Morgan fingerprint density at radius 1 is 1.22 bits per heavy atom. The van der Waals surface area contributed by atoms with Crippen LogP contribution >= 0.6 is 0 Å². The summed E-state index contributed by atoms with van der Waals surface area (Å²) in [5, 5.41) is 5.42. The molecule has 0 aromatic heterocycles. The van der Waals surface area contributed by atoms with Gasteiger partial charge in [-0.25, -0.2) is 0 Å². The van der Waals surface area contributed by atoms with Gasteiger partial charge in [-0.15, -0.1) is 0 Å². The lowest BCUT2D eigenvalue weighted by Crippen LogP contribution is -3.14. The smallest absolute Gasteiger partial charge is 0.275 e. The number of carbonyl (C=O) groups is 2. The normalized spacial score (nSPS) is 23.8. The number of amides is 2. The molecular weight excluding hydrogens is 230 g/mol. The number of carbonyl (C=O) groups excluding carboxylic acids is 2. The van der Waals surface area contributed by atoms with Crippen molar-refractivity contribution >= 4 is 11.8 Å². The largest absolute Gasteiger partial charge is 0.352 e. The van der Waals surface area contributed by atoms with Gasteiger partial charge >= 0.3 is 0 Å². The van der Waals surface area contributed by atoms with Crippen LogP contribution in [0.1, 0.15) is 33.6 Å². The molecule has 1 fully saturated rings. The van der Waals surface area contributed by atoms with Crippen LogP contribution in [0.4, 0.5) is 0 Å². The predicted molar refractivity (Wildman–Crippen MR) is 70.3 cm³/mol. The molecule has 0 spiro atoms. The Morgan fingerprint density at radius 3 is 2.39 bits per heavy atom. The number of quaternary nitrogens is 1. The summed E-state index contributed by atoms with van der Waals surface area (Å²) >= 11 is 0. The molecule has 3 N–H and O–H groups in total. The van der Waals surface area contributed by atoms with E-state index in [1.807, 2.05) is 13.8 Å². The van der Waals surface area contributed by atoms with Gasteiger partial charge in [-0.2, -0.15) is 0 Å². The summed E-state index contributed by atoms with van der Waals surface area (Å²) in [5.74, 6) is 0.632. The third kappa shape index (κ3) is 6.00. The first-order chi connectivity index (χ1) is 8.47. The summed E-state index contributed by atoms with van der Waals surface area (Å²) in [4.78, 5) is 24.4. The van der Waals surface area contributed by atoms with Crippen molar-refractivity contribution in [1.82, 2.24) is 10.6 Å². The highest BCUT2D eigenvalue weighted by molar-refractivity contribution is 5.85. The van der Waals surface area contributed by atoms with E-state index in [2.05, 4.69) is 17.6 Å². The van der Waals surface area contributed by atoms with Crippen molar-refractivity contribution in [1.29, 1.82) is 0 Å². The molecule has 104 valence electrons. The predicted octanol–water partition coefficient (Wildman–Crippen LogP) is -1.06. The Morgan fingerprint density at radius 2 is 1.83 bits per heavy atom. The molecule has 18 heavy (non-hydrogen) atoms. The Bertz CT molecular complexity index is 284. The second-order valence-electron chi connectivity index (χ2n) is 5.61. The van der Waals surface area contributed by atoms with Crippen molar-refractivity contribution in [3.63, 3.8) is 0 Å². The zero-order valence-electron chi connectivity index (χ0n) is 11.7. The number of rotatable bonds is 5. The first-order valence-electron chi connectivity index (χ1n) is 6.87. The summed E-state index contributed by atoms with van der Waals surface area (Å²) < 4.78 is 0. The second-order valence-corrected chi connectivity index (χ2v) is 5.61. The zero-order valence-corrected chi connectivity index (χ0v) is 11.7. The van der Waals surface area contributed by atoms with Crippen LogP contribution in [0.2, 0.25) is 0 Å².